The standard InChI is InChI=1S/C19H24N2O3/c1-13(2)8-17(12-22)21-19(23)16-9-15(10-20-11-16)14-4-6-18(24-3)7-5-14/h4-7,9-11,13,17,22H,8,12H2,1-3H3,(H,21,23). The van der Waals surface area contributed by atoms with Gasteiger partial charge in [-0.25, -0.2) is 0 Å². The van der Waals surface area contributed by atoms with Crippen molar-refractivity contribution in [2.75, 3.05) is 13.7 Å². The summed E-state index contributed by atoms with van der Waals surface area (Å²) in [4.78, 5) is 16.6. The van der Waals surface area contributed by atoms with Crippen LogP contribution in [0.5, 0.6) is 5.75 Å². The van der Waals surface area contributed by atoms with Gasteiger partial charge in [0.2, 0.25) is 0 Å². The molecule has 1 heterocycles. The van der Waals surface area contributed by atoms with E-state index in [-0.39, 0.29) is 18.6 Å². The Morgan fingerprint density at radius 2 is 1.92 bits per heavy atom. The van der Waals surface area contributed by atoms with Crippen LogP contribution in [0.25, 0.3) is 11.1 Å². The van der Waals surface area contributed by atoms with E-state index in [0.29, 0.717) is 11.5 Å². The van der Waals surface area contributed by atoms with Crippen molar-refractivity contribution < 1.29 is 14.6 Å². The largest absolute Gasteiger partial charge is 0.497 e. The number of aliphatic hydroxyl groups excluding tert-OH is 1. The van der Waals surface area contributed by atoms with E-state index in [4.69, 9.17) is 4.74 Å². The number of nitrogens with one attached hydrogen (secondary N) is 1. The summed E-state index contributed by atoms with van der Waals surface area (Å²) in [5.74, 6) is 0.948. The third-order valence-electron chi connectivity index (χ3n) is 3.74. The second-order valence-corrected chi connectivity index (χ2v) is 6.17. The maximum atomic E-state index is 12.4. The Balaban J connectivity index is 2.15. The molecule has 2 aromatic rings. The lowest BCUT2D eigenvalue weighted by molar-refractivity contribution is 0.0908. The molecule has 24 heavy (non-hydrogen) atoms. The van der Waals surface area contributed by atoms with Crippen LogP contribution >= 0.6 is 0 Å². The van der Waals surface area contributed by atoms with E-state index in [0.717, 1.165) is 23.3 Å². The predicted molar refractivity (Wildman–Crippen MR) is 94.0 cm³/mol. The molecule has 2 rings (SSSR count). The number of nitrogens with zero attached hydrogens (tertiary/aromatic N) is 1. The van der Waals surface area contributed by atoms with Crippen LogP contribution in [0, 0.1) is 5.92 Å². The van der Waals surface area contributed by atoms with Crippen molar-refractivity contribution in [3.63, 3.8) is 0 Å². The molecule has 1 amide bonds. The molecule has 0 saturated heterocycles. The third-order valence-corrected chi connectivity index (χ3v) is 3.74. The maximum Gasteiger partial charge on any atom is 0.253 e. The molecule has 0 bridgehead atoms. The molecule has 5 heteroatoms. The van der Waals surface area contributed by atoms with Gasteiger partial charge in [0.1, 0.15) is 5.75 Å². The zero-order valence-corrected chi connectivity index (χ0v) is 14.3. The van der Waals surface area contributed by atoms with Crippen LogP contribution < -0.4 is 10.1 Å². The Morgan fingerprint density at radius 1 is 1.21 bits per heavy atom. The number of ether oxygens (including phenoxy) is 1. The molecule has 1 aromatic carbocycles. The Hall–Kier alpha value is -2.40. The Kier molecular flexibility index (Phi) is 6.32. The fraction of sp³-hybridized carbons (Fsp3) is 0.368. The molecule has 5 nitrogen and oxygen atoms in total. The zero-order valence-electron chi connectivity index (χ0n) is 14.3. The monoisotopic (exact) mass is 328 g/mol. The molecular formula is C19H24N2O3. The SMILES string of the molecule is COc1ccc(-c2cncc(C(=O)NC(CO)CC(C)C)c2)cc1. The Morgan fingerprint density at radius 3 is 2.50 bits per heavy atom. The number of benzene rings is 1. The minimum atomic E-state index is -0.248. The zero-order chi connectivity index (χ0) is 17.5. The summed E-state index contributed by atoms with van der Waals surface area (Å²) in [6.07, 6.45) is 3.98. The van der Waals surface area contributed by atoms with E-state index < -0.39 is 0 Å². The van der Waals surface area contributed by atoms with E-state index in [1.54, 1.807) is 19.4 Å². The number of hydrogen-bond acceptors (Lipinski definition) is 4. The fourth-order valence-electron chi connectivity index (χ4n) is 2.52. The van der Waals surface area contributed by atoms with Crippen molar-refractivity contribution in [2.24, 2.45) is 5.92 Å². The van der Waals surface area contributed by atoms with Gasteiger partial charge in [0.25, 0.3) is 5.91 Å². The first-order valence-corrected chi connectivity index (χ1v) is 8.04. The molecule has 0 spiro atoms. The van der Waals surface area contributed by atoms with E-state index in [1.807, 2.05) is 24.3 Å². The molecule has 0 aliphatic heterocycles. The average Bonchev–Trinajstić information content (AvgIpc) is 2.60. The topological polar surface area (TPSA) is 71.5 Å². The second-order valence-electron chi connectivity index (χ2n) is 6.17. The van der Waals surface area contributed by atoms with Gasteiger partial charge in [-0.2, -0.15) is 0 Å². The van der Waals surface area contributed by atoms with E-state index >= 15 is 0 Å². The maximum absolute atomic E-state index is 12.4. The van der Waals surface area contributed by atoms with Crippen molar-refractivity contribution in [3.8, 4) is 16.9 Å². The van der Waals surface area contributed by atoms with Crippen LogP contribution in [-0.2, 0) is 0 Å². The lowest BCUT2D eigenvalue weighted by Crippen LogP contribution is -2.38. The first-order chi connectivity index (χ1) is 11.5. The minimum Gasteiger partial charge on any atom is -0.497 e. The molecule has 2 N–H and O–H groups in total. The number of carbonyl (C=O) groups is 1. The number of aromatic nitrogens is 1. The molecule has 128 valence electrons. The number of hydrogen-bond donors (Lipinski definition) is 2. The highest BCUT2D eigenvalue weighted by atomic mass is 16.5. The number of aliphatic hydroxyl groups is 1. The van der Waals surface area contributed by atoms with Crippen LogP contribution in [0.15, 0.2) is 42.7 Å². The number of rotatable bonds is 7. The van der Waals surface area contributed by atoms with Gasteiger partial charge in [-0.15, -0.1) is 0 Å². The molecule has 1 unspecified atom stereocenters. The number of methoxy groups -OCH3 is 1. The van der Waals surface area contributed by atoms with E-state index in [2.05, 4.69) is 24.1 Å². The van der Waals surface area contributed by atoms with Crippen molar-refractivity contribution in [1.29, 1.82) is 0 Å². The Bertz CT molecular complexity index is 669. The highest BCUT2D eigenvalue weighted by Gasteiger charge is 2.15. The van der Waals surface area contributed by atoms with Crippen LogP contribution in [0.2, 0.25) is 0 Å². The summed E-state index contributed by atoms with van der Waals surface area (Å²) in [6, 6.07) is 9.13. The molecule has 0 aliphatic rings. The van der Waals surface area contributed by atoms with Crippen molar-refractivity contribution >= 4 is 5.91 Å². The summed E-state index contributed by atoms with van der Waals surface area (Å²) in [5.41, 5.74) is 2.29. The molecule has 0 fully saturated rings. The van der Waals surface area contributed by atoms with Gasteiger partial charge >= 0.3 is 0 Å². The summed E-state index contributed by atoms with van der Waals surface area (Å²) < 4.78 is 5.15. The van der Waals surface area contributed by atoms with Gasteiger partial charge in [0.05, 0.1) is 25.3 Å². The molecule has 0 aliphatic carbocycles. The smallest absolute Gasteiger partial charge is 0.253 e. The fourth-order valence-corrected chi connectivity index (χ4v) is 2.52. The molecule has 1 aromatic heterocycles. The number of amides is 1. The first kappa shape index (κ1) is 17.9. The van der Waals surface area contributed by atoms with Gasteiger partial charge in [0, 0.05) is 18.0 Å². The second kappa shape index (κ2) is 8.45. The van der Waals surface area contributed by atoms with Crippen LogP contribution in [-0.4, -0.2) is 35.8 Å². The van der Waals surface area contributed by atoms with Gasteiger partial charge in [-0.3, -0.25) is 9.78 Å². The predicted octanol–water partition coefficient (Wildman–Crippen LogP) is 2.89. The lowest BCUT2D eigenvalue weighted by Gasteiger charge is -2.18. The Labute approximate surface area is 142 Å². The highest BCUT2D eigenvalue weighted by Crippen LogP contribution is 2.22. The van der Waals surface area contributed by atoms with Crippen LogP contribution in [0.1, 0.15) is 30.6 Å². The van der Waals surface area contributed by atoms with Gasteiger partial charge < -0.3 is 15.2 Å². The molecule has 1 atom stereocenters. The van der Waals surface area contributed by atoms with E-state index in [1.165, 1.54) is 6.20 Å². The molecule has 0 radical (unpaired) electrons. The first-order valence-electron chi connectivity index (χ1n) is 8.04. The third kappa shape index (κ3) is 4.80. The number of carbonyl (C=O) groups excluding carboxylic acids is 1. The summed E-state index contributed by atoms with van der Waals surface area (Å²) >= 11 is 0. The lowest BCUT2D eigenvalue weighted by atomic mass is 10.0. The van der Waals surface area contributed by atoms with Gasteiger partial charge in [-0.05, 0) is 36.1 Å². The quantitative estimate of drug-likeness (QED) is 0.820. The van der Waals surface area contributed by atoms with Gasteiger partial charge in [-0.1, -0.05) is 26.0 Å². The van der Waals surface area contributed by atoms with Gasteiger partial charge in [0.15, 0.2) is 0 Å². The summed E-state index contributed by atoms with van der Waals surface area (Å²) in [7, 11) is 1.62. The van der Waals surface area contributed by atoms with Crippen molar-refractivity contribution in [1.82, 2.24) is 10.3 Å². The van der Waals surface area contributed by atoms with Crippen molar-refractivity contribution in [3.05, 3.63) is 48.3 Å². The summed E-state index contributed by atoms with van der Waals surface area (Å²) in [5, 5.41) is 12.3. The average molecular weight is 328 g/mol. The minimum absolute atomic E-state index is 0.0739. The molecular weight excluding hydrogens is 304 g/mol. The van der Waals surface area contributed by atoms with Crippen molar-refractivity contribution in [2.45, 2.75) is 26.3 Å². The number of pyridine rings is 1. The van der Waals surface area contributed by atoms with Crippen LogP contribution in [0.4, 0.5) is 0 Å². The normalized spacial score (nSPS) is 12.0. The van der Waals surface area contributed by atoms with E-state index in [9.17, 15) is 9.90 Å². The van der Waals surface area contributed by atoms with Crippen LogP contribution in [0.3, 0.4) is 0 Å². The molecule has 0 saturated carbocycles. The highest BCUT2D eigenvalue weighted by molar-refractivity contribution is 5.95. The summed E-state index contributed by atoms with van der Waals surface area (Å²) in [6.45, 7) is 4.04.